The summed E-state index contributed by atoms with van der Waals surface area (Å²) in [4.78, 5) is 10.4. The van der Waals surface area contributed by atoms with Crippen molar-refractivity contribution >= 4 is 5.78 Å². The summed E-state index contributed by atoms with van der Waals surface area (Å²) < 4.78 is 15.6. The Bertz CT molecular complexity index is 662. The van der Waals surface area contributed by atoms with Crippen molar-refractivity contribution < 1.29 is 19.0 Å². The fourth-order valence-corrected chi connectivity index (χ4v) is 7.34. The highest BCUT2D eigenvalue weighted by molar-refractivity contribution is 5.79. The molecule has 2 aliphatic carbocycles. The predicted molar refractivity (Wildman–Crippen MR) is 177 cm³/mol. The maximum absolute atomic E-state index is 10.4. The van der Waals surface area contributed by atoms with E-state index in [1.807, 2.05) is 0 Å². The minimum Gasteiger partial charge on any atom is -0.381 e. The van der Waals surface area contributed by atoms with Crippen LogP contribution in [0.5, 0.6) is 0 Å². The number of piperidine rings is 1. The first kappa shape index (κ1) is 36.9. The van der Waals surface area contributed by atoms with Crippen molar-refractivity contribution in [3.8, 4) is 0 Å². The van der Waals surface area contributed by atoms with E-state index in [0.29, 0.717) is 50.0 Å². The van der Waals surface area contributed by atoms with Gasteiger partial charge in [0.2, 0.25) is 0 Å². The van der Waals surface area contributed by atoms with Gasteiger partial charge in [0.15, 0.2) is 0 Å². The normalized spacial score (nSPS) is 34.4. The van der Waals surface area contributed by atoms with Crippen LogP contribution in [-0.4, -0.2) is 88.2 Å². The number of rotatable bonds is 4. The van der Waals surface area contributed by atoms with Crippen molar-refractivity contribution in [3.05, 3.63) is 0 Å². The molecule has 4 saturated heterocycles. The highest BCUT2D eigenvalue weighted by atomic mass is 16.5. The van der Waals surface area contributed by atoms with Crippen molar-refractivity contribution in [1.82, 2.24) is 16.0 Å². The largest absolute Gasteiger partial charge is 0.381 e. The highest BCUT2D eigenvalue weighted by Gasteiger charge is 2.23. The number of hydrogen-bond donors (Lipinski definition) is 4. The number of nitrogens with two attached hydrogens (primary N) is 1. The summed E-state index contributed by atoms with van der Waals surface area (Å²) in [6.07, 6.45) is 19.5. The van der Waals surface area contributed by atoms with Crippen molar-refractivity contribution in [3.63, 3.8) is 0 Å². The lowest BCUT2D eigenvalue weighted by atomic mass is 9.86. The average Bonchev–Trinajstić information content (AvgIpc) is 3.00. The molecule has 6 fully saturated rings. The molecule has 43 heavy (non-hydrogen) atoms. The van der Waals surface area contributed by atoms with Crippen LogP contribution >= 0.6 is 0 Å². The van der Waals surface area contributed by atoms with Crippen LogP contribution in [0.25, 0.3) is 0 Å². The second kappa shape index (κ2) is 22.0. The van der Waals surface area contributed by atoms with Crippen LogP contribution in [0.4, 0.5) is 0 Å². The van der Waals surface area contributed by atoms with Crippen LogP contribution in [0.2, 0.25) is 0 Å². The third-order valence-electron chi connectivity index (χ3n) is 9.97. The number of carbonyl (C=O) groups excluding carboxylic acids is 1. The smallest absolute Gasteiger partial charge is 0.137 e. The molecule has 4 aliphatic heterocycles. The molecule has 5 N–H and O–H groups in total. The number of hydrogen-bond acceptors (Lipinski definition) is 8. The standard InChI is InChI=1S/C12H23NO.C11H22N2O.C7H15N.C5H8O2/c1-10-3-2-4-12(9-10)13-11-5-7-14-8-6-11;1-9-8-11(2-5-12-9)13-10-3-6-14-7-4-10;1-6-3-2-4-7(8)5-6;6-5-1-3-7-4-2-5/h10-13H,2-9H2,1H3;9-13H,2-8H2,1H3;6-7H,2-5,8H2,1H3;1-4H2/t10-,12+;9-,11-;6-,7+;/m101./s1. The second-order valence-electron chi connectivity index (χ2n) is 14.3. The van der Waals surface area contributed by atoms with Gasteiger partial charge >= 0.3 is 0 Å². The first-order valence-electron chi connectivity index (χ1n) is 18.1. The van der Waals surface area contributed by atoms with Gasteiger partial charge in [0.05, 0.1) is 13.2 Å². The van der Waals surface area contributed by atoms with Gasteiger partial charge in [-0.15, -0.1) is 0 Å². The van der Waals surface area contributed by atoms with Crippen LogP contribution in [0.15, 0.2) is 0 Å². The van der Waals surface area contributed by atoms with Gasteiger partial charge in [0.25, 0.3) is 0 Å². The lowest BCUT2D eigenvalue weighted by Gasteiger charge is -2.33. The lowest BCUT2D eigenvalue weighted by Crippen LogP contribution is -2.49. The number of carbonyl (C=O) groups is 1. The molecule has 8 heteroatoms. The molecule has 4 heterocycles. The Kier molecular flexibility index (Phi) is 18.9. The van der Waals surface area contributed by atoms with Crippen molar-refractivity contribution in [2.45, 2.75) is 160 Å². The first-order chi connectivity index (χ1) is 20.9. The van der Waals surface area contributed by atoms with E-state index in [4.69, 9.17) is 19.9 Å². The van der Waals surface area contributed by atoms with Gasteiger partial charge < -0.3 is 35.9 Å². The molecule has 2 saturated carbocycles. The third kappa shape index (κ3) is 17.0. The third-order valence-corrected chi connectivity index (χ3v) is 9.97. The Balaban J connectivity index is 0.000000164. The Hall–Kier alpha value is -0.610. The lowest BCUT2D eigenvalue weighted by molar-refractivity contribution is -0.124. The molecule has 6 rings (SSSR count). The molecule has 0 bridgehead atoms. The molecule has 0 radical (unpaired) electrons. The van der Waals surface area contributed by atoms with E-state index in [0.717, 1.165) is 56.4 Å². The van der Waals surface area contributed by atoms with Crippen LogP contribution in [0.3, 0.4) is 0 Å². The SMILES string of the molecule is C[C@@H]1CCC[C@H](N)C1.C[C@@H]1CCC[C@H](NC2CCOCC2)C1.C[C@H]1C[C@@H](NC2CCOCC2)CCN1.O=C1CCOCC1. The van der Waals surface area contributed by atoms with Crippen molar-refractivity contribution in [1.29, 1.82) is 0 Å². The number of nitrogens with one attached hydrogen (secondary N) is 3. The number of ether oxygens (including phenoxy) is 3. The Morgan fingerprint density at radius 3 is 1.56 bits per heavy atom. The Labute approximate surface area is 264 Å². The Morgan fingerprint density at radius 2 is 1.12 bits per heavy atom. The quantitative estimate of drug-likeness (QED) is 0.349. The van der Waals surface area contributed by atoms with Crippen molar-refractivity contribution in [2.75, 3.05) is 46.2 Å². The molecule has 252 valence electrons. The molecule has 8 nitrogen and oxygen atoms in total. The average molecular weight is 609 g/mol. The zero-order valence-electron chi connectivity index (χ0n) is 28.1. The van der Waals surface area contributed by atoms with E-state index in [1.54, 1.807) is 0 Å². The van der Waals surface area contributed by atoms with Gasteiger partial charge in [-0.3, -0.25) is 4.79 Å². The summed E-state index contributed by atoms with van der Waals surface area (Å²) in [5.74, 6) is 2.16. The maximum Gasteiger partial charge on any atom is 0.137 e. The number of ketones is 1. The second-order valence-corrected chi connectivity index (χ2v) is 14.3. The minimum absolute atomic E-state index is 0.339. The van der Waals surface area contributed by atoms with Crippen LogP contribution < -0.4 is 21.7 Å². The van der Waals surface area contributed by atoms with E-state index < -0.39 is 0 Å². The van der Waals surface area contributed by atoms with Gasteiger partial charge in [0.1, 0.15) is 5.78 Å². The summed E-state index contributed by atoms with van der Waals surface area (Å²) in [5, 5.41) is 11.1. The first-order valence-corrected chi connectivity index (χ1v) is 18.1. The molecule has 0 aromatic rings. The highest BCUT2D eigenvalue weighted by Crippen LogP contribution is 2.25. The van der Waals surface area contributed by atoms with E-state index in [1.165, 1.54) is 96.4 Å². The summed E-state index contributed by atoms with van der Waals surface area (Å²) >= 11 is 0. The summed E-state index contributed by atoms with van der Waals surface area (Å²) in [6.45, 7) is 13.2. The zero-order chi connectivity index (χ0) is 30.7. The van der Waals surface area contributed by atoms with Crippen LogP contribution in [-0.2, 0) is 19.0 Å². The molecule has 0 unspecified atom stereocenters. The van der Waals surface area contributed by atoms with Crippen LogP contribution in [0.1, 0.15) is 124 Å². The maximum atomic E-state index is 10.4. The van der Waals surface area contributed by atoms with E-state index in [-0.39, 0.29) is 0 Å². The van der Waals surface area contributed by atoms with E-state index >= 15 is 0 Å². The van der Waals surface area contributed by atoms with E-state index in [9.17, 15) is 4.79 Å². The summed E-state index contributed by atoms with van der Waals surface area (Å²) in [7, 11) is 0. The molecule has 0 spiro atoms. The molecule has 0 aromatic carbocycles. The van der Waals surface area contributed by atoms with Gasteiger partial charge in [-0.25, -0.2) is 0 Å². The van der Waals surface area contributed by atoms with Gasteiger partial charge in [0, 0.05) is 75.5 Å². The molecule has 6 atom stereocenters. The Morgan fingerprint density at radius 1 is 0.605 bits per heavy atom. The molecule has 0 aromatic heterocycles. The molecule has 0 amide bonds. The molecular weight excluding hydrogens is 540 g/mol. The zero-order valence-corrected chi connectivity index (χ0v) is 28.1. The van der Waals surface area contributed by atoms with Crippen LogP contribution in [0, 0.1) is 11.8 Å². The van der Waals surface area contributed by atoms with Gasteiger partial charge in [-0.1, -0.05) is 39.5 Å². The summed E-state index contributed by atoms with van der Waals surface area (Å²) in [6, 6.07) is 4.16. The monoisotopic (exact) mass is 609 g/mol. The molecule has 6 aliphatic rings. The fraction of sp³-hybridized carbons (Fsp3) is 0.971. The minimum atomic E-state index is 0.339. The predicted octanol–water partition coefficient (Wildman–Crippen LogP) is 5.12. The summed E-state index contributed by atoms with van der Waals surface area (Å²) in [5.41, 5.74) is 5.73. The topological polar surface area (TPSA) is 107 Å². The van der Waals surface area contributed by atoms with Gasteiger partial charge in [-0.05, 0) is 89.5 Å². The molecular formula is C35H68N4O4. The van der Waals surface area contributed by atoms with Gasteiger partial charge in [-0.2, -0.15) is 0 Å². The van der Waals surface area contributed by atoms with E-state index in [2.05, 4.69) is 36.7 Å². The van der Waals surface area contributed by atoms with Crippen molar-refractivity contribution in [2.24, 2.45) is 17.6 Å². The fourth-order valence-electron chi connectivity index (χ4n) is 7.34. The number of Topliss-reactive ketones (excluding diaryl/α,β-unsaturated/α-hetero) is 1.